The fourth-order valence-electron chi connectivity index (χ4n) is 2.52. The number of carbonyl (C=O) groups is 1. The van der Waals surface area contributed by atoms with Crippen molar-refractivity contribution >= 4 is 22.9 Å². The van der Waals surface area contributed by atoms with Crippen molar-refractivity contribution < 1.29 is 9.18 Å². The van der Waals surface area contributed by atoms with E-state index in [1.165, 1.54) is 40.7 Å². The van der Waals surface area contributed by atoms with Crippen molar-refractivity contribution in [1.82, 2.24) is 0 Å². The molecule has 0 saturated heterocycles. The van der Waals surface area contributed by atoms with E-state index >= 15 is 0 Å². The zero-order valence-electron chi connectivity index (χ0n) is 11.3. The maximum absolute atomic E-state index is 13.7. The van der Waals surface area contributed by atoms with Gasteiger partial charge in [-0.15, -0.1) is 11.3 Å². The first-order valence-electron chi connectivity index (χ1n) is 6.82. The van der Waals surface area contributed by atoms with E-state index in [1.807, 2.05) is 13.0 Å². The van der Waals surface area contributed by atoms with Crippen LogP contribution < -0.4 is 5.32 Å². The van der Waals surface area contributed by atoms with Crippen LogP contribution in [0.3, 0.4) is 0 Å². The Bertz CT molecular complexity index is 639. The summed E-state index contributed by atoms with van der Waals surface area (Å²) < 4.78 is 13.7. The van der Waals surface area contributed by atoms with Crippen LogP contribution in [0.25, 0.3) is 0 Å². The molecule has 0 saturated carbocycles. The van der Waals surface area contributed by atoms with Crippen LogP contribution in [0, 0.1) is 12.7 Å². The number of benzene rings is 1. The number of amides is 1. The van der Waals surface area contributed by atoms with Crippen molar-refractivity contribution in [3.63, 3.8) is 0 Å². The third-order valence-corrected chi connectivity index (χ3v) is 4.83. The lowest BCUT2D eigenvalue weighted by Crippen LogP contribution is -2.11. The number of hydrogen-bond acceptors (Lipinski definition) is 2. The highest BCUT2D eigenvalue weighted by Crippen LogP contribution is 2.30. The van der Waals surface area contributed by atoms with E-state index in [-0.39, 0.29) is 11.6 Å². The standard InChI is InChI=1S/C16H16FNOS/c1-10-6-7-12(17)13(8-10)18-16(19)15-9-11-4-2-3-5-14(11)20-15/h6-9H,2-5H2,1H3,(H,18,19). The minimum absolute atomic E-state index is 0.214. The molecular weight excluding hydrogens is 273 g/mol. The predicted molar refractivity (Wildman–Crippen MR) is 80.1 cm³/mol. The van der Waals surface area contributed by atoms with Crippen LogP contribution >= 0.6 is 11.3 Å². The van der Waals surface area contributed by atoms with Gasteiger partial charge in [0.05, 0.1) is 10.6 Å². The molecular formula is C16H16FNOS. The number of aryl methyl sites for hydroxylation is 3. The molecule has 2 nitrogen and oxygen atoms in total. The normalized spacial score (nSPS) is 13.9. The third-order valence-electron chi connectivity index (χ3n) is 3.59. The Labute approximate surface area is 121 Å². The average molecular weight is 289 g/mol. The molecule has 4 heteroatoms. The summed E-state index contributed by atoms with van der Waals surface area (Å²) in [6.45, 7) is 1.87. The molecule has 1 amide bonds. The summed E-state index contributed by atoms with van der Waals surface area (Å²) in [5.74, 6) is -0.612. The lowest BCUT2D eigenvalue weighted by atomic mass is 9.99. The molecule has 0 atom stereocenters. The van der Waals surface area contributed by atoms with E-state index in [1.54, 1.807) is 12.1 Å². The van der Waals surface area contributed by atoms with Gasteiger partial charge in [-0.25, -0.2) is 4.39 Å². The zero-order chi connectivity index (χ0) is 14.1. The maximum atomic E-state index is 13.7. The number of halogens is 1. The summed E-state index contributed by atoms with van der Waals surface area (Å²) in [5.41, 5.74) is 2.46. The number of nitrogens with one attached hydrogen (secondary N) is 1. The van der Waals surface area contributed by atoms with Crippen LogP contribution in [0.1, 0.15) is 38.5 Å². The quantitative estimate of drug-likeness (QED) is 0.876. The van der Waals surface area contributed by atoms with Crippen molar-refractivity contribution in [2.75, 3.05) is 5.32 Å². The van der Waals surface area contributed by atoms with Crippen molar-refractivity contribution in [2.45, 2.75) is 32.6 Å². The second-order valence-corrected chi connectivity index (χ2v) is 6.34. The van der Waals surface area contributed by atoms with Gasteiger partial charge in [0.25, 0.3) is 5.91 Å². The molecule has 1 aromatic heterocycles. The van der Waals surface area contributed by atoms with Gasteiger partial charge in [0, 0.05) is 4.88 Å². The molecule has 3 rings (SSSR count). The van der Waals surface area contributed by atoms with Gasteiger partial charge < -0.3 is 5.32 Å². The molecule has 0 radical (unpaired) electrons. The number of anilines is 1. The number of rotatable bonds is 2. The smallest absolute Gasteiger partial charge is 0.265 e. The lowest BCUT2D eigenvalue weighted by Gasteiger charge is -2.08. The van der Waals surface area contributed by atoms with E-state index in [9.17, 15) is 9.18 Å². The topological polar surface area (TPSA) is 29.1 Å². The van der Waals surface area contributed by atoms with Gasteiger partial charge in [0.1, 0.15) is 5.82 Å². The average Bonchev–Trinajstić information content (AvgIpc) is 2.87. The second kappa shape index (κ2) is 5.37. The summed E-state index contributed by atoms with van der Waals surface area (Å²) in [4.78, 5) is 14.2. The van der Waals surface area contributed by atoms with Crippen molar-refractivity contribution in [2.24, 2.45) is 0 Å². The molecule has 0 unspecified atom stereocenters. The molecule has 0 fully saturated rings. The maximum Gasteiger partial charge on any atom is 0.265 e. The summed E-state index contributed by atoms with van der Waals surface area (Å²) in [6, 6.07) is 6.68. The first kappa shape index (κ1) is 13.3. The molecule has 1 aromatic carbocycles. The molecule has 1 N–H and O–H groups in total. The van der Waals surface area contributed by atoms with Crippen molar-refractivity contribution in [3.8, 4) is 0 Å². The highest BCUT2D eigenvalue weighted by atomic mass is 32.1. The van der Waals surface area contributed by atoms with Gasteiger partial charge in [-0.05, 0) is 61.9 Å². The largest absolute Gasteiger partial charge is 0.319 e. The fraction of sp³-hybridized carbons (Fsp3) is 0.312. The molecule has 0 aliphatic heterocycles. The van der Waals surface area contributed by atoms with Crippen LogP contribution in [0.4, 0.5) is 10.1 Å². The monoisotopic (exact) mass is 289 g/mol. The van der Waals surface area contributed by atoms with Crippen LogP contribution in [0.15, 0.2) is 24.3 Å². The Balaban J connectivity index is 1.82. The van der Waals surface area contributed by atoms with Gasteiger partial charge in [0.2, 0.25) is 0 Å². The molecule has 0 bridgehead atoms. The minimum Gasteiger partial charge on any atom is -0.319 e. The predicted octanol–water partition coefficient (Wildman–Crippen LogP) is 4.33. The Hall–Kier alpha value is -1.68. The van der Waals surface area contributed by atoms with Crippen LogP contribution in [0.2, 0.25) is 0 Å². The van der Waals surface area contributed by atoms with Gasteiger partial charge >= 0.3 is 0 Å². The molecule has 1 aliphatic rings. The Morgan fingerprint density at radius 2 is 2.05 bits per heavy atom. The lowest BCUT2D eigenvalue weighted by molar-refractivity contribution is 0.103. The zero-order valence-corrected chi connectivity index (χ0v) is 12.1. The molecule has 2 aromatic rings. The SMILES string of the molecule is Cc1ccc(F)c(NC(=O)c2cc3c(s2)CCCC3)c1. The second-order valence-electron chi connectivity index (χ2n) is 5.20. The van der Waals surface area contributed by atoms with Gasteiger partial charge in [-0.2, -0.15) is 0 Å². The third kappa shape index (κ3) is 2.61. The number of carbonyl (C=O) groups excluding carboxylic acids is 1. The summed E-state index contributed by atoms with van der Waals surface area (Å²) in [7, 11) is 0. The van der Waals surface area contributed by atoms with E-state index in [0.29, 0.717) is 4.88 Å². The van der Waals surface area contributed by atoms with E-state index in [4.69, 9.17) is 0 Å². The van der Waals surface area contributed by atoms with Gasteiger partial charge in [-0.1, -0.05) is 6.07 Å². The minimum atomic E-state index is -0.398. The number of thiophene rings is 1. The summed E-state index contributed by atoms with van der Waals surface area (Å²) in [6.07, 6.45) is 4.50. The van der Waals surface area contributed by atoms with Crippen LogP contribution in [-0.2, 0) is 12.8 Å². The fourth-order valence-corrected chi connectivity index (χ4v) is 3.67. The van der Waals surface area contributed by atoms with Gasteiger partial charge in [-0.3, -0.25) is 4.79 Å². The Morgan fingerprint density at radius 3 is 2.85 bits per heavy atom. The van der Waals surface area contributed by atoms with Crippen LogP contribution in [-0.4, -0.2) is 5.91 Å². The highest BCUT2D eigenvalue weighted by Gasteiger charge is 2.18. The summed E-state index contributed by atoms with van der Waals surface area (Å²) >= 11 is 1.54. The van der Waals surface area contributed by atoms with Gasteiger partial charge in [0.15, 0.2) is 0 Å². The number of fused-ring (bicyclic) bond motifs is 1. The first-order chi connectivity index (χ1) is 9.63. The molecule has 1 heterocycles. The highest BCUT2D eigenvalue weighted by molar-refractivity contribution is 7.14. The Kier molecular flexibility index (Phi) is 3.57. The first-order valence-corrected chi connectivity index (χ1v) is 7.64. The number of hydrogen-bond donors (Lipinski definition) is 1. The van der Waals surface area contributed by atoms with Crippen molar-refractivity contribution in [1.29, 1.82) is 0 Å². The van der Waals surface area contributed by atoms with E-state index in [2.05, 4.69) is 5.32 Å². The van der Waals surface area contributed by atoms with E-state index < -0.39 is 5.82 Å². The summed E-state index contributed by atoms with van der Waals surface area (Å²) in [5, 5.41) is 2.67. The van der Waals surface area contributed by atoms with Crippen LogP contribution in [0.5, 0.6) is 0 Å². The van der Waals surface area contributed by atoms with E-state index in [0.717, 1.165) is 18.4 Å². The molecule has 20 heavy (non-hydrogen) atoms. The molecule has 1 aliphatic carbocycles. The molecule has 104 valence electrons. The van der Waals surface area contributed by atoms with Crippen molar-refractivity contribution in [3.05, 3.63) is 51.0 Å². The molecule has 0 spiro atoms. The Morgan fingerprint density at radius 1 is 1.25 bits per heavy atom.